The van der Waals surface area contributed by atoms with Crippen LogP contribution in [-0.2, 0) is 14.3 Å². The largest absolute Gasteiger partial charge is 0.466 e. The maximum absolute atomic E-state index is 12.5. The Hall–Kier alpha value is -1.92. The van der Waals surface area contributed by atoms with Crippen LogP contribution in [0.4, 0.5) is 0 Å². The summed E-state index contributed by atoms with van der Waals surface area (Å²) in [7, 11) is 0. The maximum atomic E-state index is 12.5. The first-order valence-electron chi connectivity index (χ1n) is 39.3. The summed E-state index contributed by atoms with van der Waals surface area (Å²) in [6.07, 6.45) is 98.4. The van der Waals surface area contributed by atoms with Crippen molar-refractivity contribution in [1.82, 2.24) is 5.32 Å². The fourth-order valence-electron chi connectivity index (χ4n) is 12.4. The molecule has 0 saturated carbocycles. The second-order valence-electron chi connectivity index (χ2n) is 27.0. The van der Waals surface area contributed by atoms with Gasteiger partial charge < -0.3 is 20.3 Å². The molecule has 0 aliphatic rings. The van der Waals surface area contributed by atoms with Crippen LogP contribution in [-0.4, -0.2) is 47.4 Å². The van der Waals surface area contributed by atoms with Crippen molar-refractivity contribution in [2.24, 2.45) is 0 Å². The summed E-state index contributed by atoms with van der Waals surface area (Å²) in [6.45, 7) is 4.95. The van der Waals surface area contributed by atoms with E-state index < -0.39 is 12.1 Å². The lowest BCUT2D eigenvalue weighted by Gasteiger charge is -2.20. The van der Waals surface area contributed by atoms with E-state index in [1.807, 2.05) is 6.08 Å². The van der Waals surface area contributed by atoms with E-state index in [0.717, 1.165) is 44.9 Å². The predicted octanol–water partition coefficient (Wildman–Crippen LogP) is 25.8. The molecule has 0 aliphatic carbocycles. The molecule has 0 bridgehead atoms. The number of aliphatic hydroxyl groups is 2. The van der Waals surface area contributed by atoms with Crippen molar-refractivity contribution >= 4 is 11.9 Å². The predicted molar refractivity (Wildman–Crippen MR) is 379 cm³/mol. The number of esters is 1. The Morgan fingerprint density at radius 2 is 0.581 bits per heavy atom. The molecule has 0 aromatic rings. The molecule has 0 aromatic heterocycles. The van der Waals surface area contributed by atoms with E-state index in [9.17, 15) is 19.8 Å². The van der Waals surface area contributed by atoms with Gasteiger partial charge in [-0.15, -0.1) is 0 Å². The fourth-order valence-corrected chi connectivity index (χ4v) is 12.4. The molecule has 2 atom stereocenters. The van der Waals surface area contributed by atoms with Gasteiger partial charge in [-0.2, -0.15) is 0 Å². The van der Waals surface area contributed by atoms with E-state index in [2.05, 4.69) is 43.5 Å². The van der Waals surface area contributed by atoms with Crippen LogP contribution < -0.4 is 5.32 Å². The molecule has 0 aromatic carbocycles. The van der Waals surface area contributed by atoms with E-state index in [0.29, 0.717) is 19.4 Å². The topological polar surface area (TPSA) is 95.9 Å². The highest BCUT2D eigenvalue weighted by atomic mass is 16.5. The summed E-state index contributed by atoms with van der Waals surface area (Å²) in [5, 5.41) is 23.3. The third-order valence-electron chi connectivity index (χ3n) is 18.4. The Labute approximate surface area is 538 Å². The van der Waals surface area contributed by atoms with E-state index in [4.69, 9.17) is 4.74 Å². The summed E-state index contributed by atoms with van der Waals surface area (Å²) >= 11 is 0. The summed E-state index contributed by atoms with van der Waals surface area (Å²) in [6, 6.07) is -0.627. The molecule has 6 nitrogen and oxygen atoms in total. The number of amides is 1. The zero-order valence-corrected chi connectivity index (χ0v) is 58.3. The molecule has 0 heterocycles. The Balaban J connectivity index is 3.38. The number of hydrogen-bond donors (Lipinski definition) is 3. The quantitative estimate of drug-likeness (QED) is 0.0320. The first kappa shape index (κ1) is 84.1. The minimum absolute atomic E-state index is 0.0198. The number of hydrogen-bond acceptors (Lipinski definition) is 5. The van der Waals surface area contributed by atoms with Crippen molar-refractivity contribution < 1.29 is 24.5 Å². The molecule has 0 aliphatic heterocycles. The fraction of sp³-hybridized carbons (Fsp3) is 0.900. The standard InChI is InChI=1S/C80H153NO5/c1-3-5-7-9-11-13-15-17-18-19-20-40-43-46-49-52-56-60-64-68-72-78(83)77(76-82)81-79(84)73-69-65-61-57-53-50-47-44-41-38-36-34-32-30-28-26-24-22-21-23-25-27-29-31-33-35-37-39-42-45-48-51-55-59-63-67-71-75-86-80(85)74-70-66-62-58-54-16-14-12-10-8-6-4-2/h21,23,27,29,68,72,77-78,82-83H,3-20,22,24-26,28,30-67,69-71,73-76H2,1-2H3,(H,81,84)/b23-21-,29-27-,72-68+. The van der Waals surface area contributed by atoms with Crippen molar-refractivity contribution in [2.45, 2.75) is 450 Å². The first-order valence-corrected chi connectivity index (χ1v) is 39.3. The molecular weight excluding hydrogens is 1050 g/mol. The van der Waals surface area contributed by atoms with Crippen molar-refractivity contribution in [1.29, 1.82) is 0 Å². The van der Waals surface area contributed by atoms with Crippen LogP contribution in [0.25, 0.3) is 0 Å². The van der Waals surface area contributed by atoms with Crippen molar-refractivity contribution in [3.8, 4) is 0 Å². The van der Waals surface area contributed by atoms with Crippen LogP contribution in [0.5, 0.6) is 0 Å². The van der Waals surface area contributed by atoms with Gasteiger partial charge in [0.25, 0.3) is 0 Å². The van der Waals surface area contributed by atoms with E-state index in [-0.39, 0.29) is 18.5 Å². The highest BCUT2D eigenvalue weighted by molar-refractivity contribution is 5.76. The normalized spacial score (nSPS) is 12.7. The number of aliphatic hydroxyl groups excluding tert-OH is 2. The Morgan fingerprint density at radius 3 is 0.884 bits per heavy atom. The number of ether oxygens (including phenoxy) is 1. The number of rotatable bonds is 74. The Kier molecular flexibility index (Phi) is 73.9. The SMILES string of the molecule is CCCCCCCCCCCCCCCCCCCC/C=C/C(O)C(CO)NC(=O)CCCCCCCCCCCCCCCCCCC/C=C\C/C=C\CCCCCCCCCCCCCCCOC(=O)CCCCCCCCCCCCCC. The summed E-state index contributed by atoms with van der Waals surface area (Å²) in [5.41, 5.74) is 0. The van der Waals surface area contributed by atoms with Crippen LogP contribution in [0, 0.1) is 0 Å². The van der Waals surface area contributed by atoms with Gasteiger partial charge in [0, 0.05) is 12.8 Å². The monoisotopic (exact) mass is 1210 g/mol. The minimum atomic E-state index is -0.844. The van der Waals surface area contributed by atoms with Crippen LogP contribution in [0.3, 0.4) is 0 Å². The van der Waals surface area contributed by atoms with Gasteiger partial charge in [-0.25, -0.2) is 0 Å². The average molecular weight is 1210 g/mol. The zero-order chi connectivity index (χ0) is 62.0. The Morgan fingerprint density at radius 1 is 0.326 bits per heavy atom. The van der Waals surface area contributed by atoms with Crippen LogP contribution in [0.2, 0.25) is 0 Å². The van der Waals surface area contributed by atoms with Gasteiger partial charge in [-0.05, 0) is 64.2 Å². The van der Waals surface area contributed by atoms with Crippen molar-refractivity contribution in [3.05, 3.63) is 36.5 Å². The van der Waals surface area contributed by atoms with Crippen molar-refractivity contribution in [2.75, 3.05) is 13.2 Å². The molecule has 3 N–H and O–H groups in total. The Bertz CT molecular complexity index is 1390. The van der Waals surface area contributed by atoms with Crippen LogP contribution >= 0.6 is 0 Å². The minimum Gasteiger partial charge on any atom is -0.466 e. The second-order valence-corrected chi connectivity index (χ2v) is 27.0. The van der Waals surface area contributed by atoms with E-state index in [1.165, 1.54) is 366 Å². The van der Waals surface area contributed by atoms with Gasteiger partial charge in [0.1, 0.15) is 0 Å². The molecule has 0 spiro atoms. The molecule has 0 saturated heterocycles. The molecule has 2 unspecified atom stereocenters. The van der Waals surface area contributed by atoms with E-state index >= 15 is 0 Å². The highest BCUT2D eigenvalue weighted by Crippen LogP contribution is 2.19. The summed E-state index contributed by atoms with van der Waals surface area (Å²) < 4.78 is 5.49. The molecule has 1 amide bonds. The lowest BCUT2D eigenvalue weighted by molar-refractivity contribution is -0.143. The molecule has 0 rings (SSSR count). The zero-order valence-electron chi connectivity index (χ0n) is 58.3. The third-order valence-corrected chi connectivity index (χ3v) is 18.4. The second kappa shape index (κ2) is 75.5. The molecule has 6 heteroatoms. The lowest BCUT2D eigenvalue weighted by Crippen LogP contribution is -2.45. The number of carbonyl (C=O) groups excluding carboxylic acids is 2. The smallest absolute Gasteiger partial charge is 0.305 e. The average Bonchev–Trinajstić information content (AvgIpc) is 3.60. The van der Waals surface area contributed by atoms with Gasteiger partial charge in [0.15, 0.2) is 0 Å². The summed E-state index contributed by atoms with van der Waals surface area (Å²) in [5.74, 6) is -0.0412. The van der Waals surface area contributed by atoms with Gasteiger partial charge >= 0.3 is 5.97 Å². The number of allylic oxidation sites excluding steroid dienone is 5. The molecular formula is C80H153NO5. The van der Waals surface area contributed by atoms with Gasteiger partial charge in [-0.3, -0.25) is 9.59 Å². The summed E-state index contributed by atoms with van der Waals surface area (Å²) in [4.78, 5) is 24.6. The van der Waals surface area contributed by atoms with Crippen LogP contribution in [0.1, 0.15) is 438 Å². The third kappa shape index (κ3) is 71.2. The van der Waals surface area contributed by atoms with E-state index in [1.54, 1.807) is 6.08 Å². The molecule has 508 valence electrons. The molecule has 86 heavy (non-hydrogen) atoms. The molecule has 0 fully saturated rings. The highest BCUT2D eigenvalue weighted by Gasteiger charge is 2.18. The van der Waals surface area contributed by atoms with Gasteiger partial charge in [0.2, 0.25) is 5.91 Å². The maximum Gasteiger partial charge on any atom is 0.305 e. The lowest BCUT2D eigenvalue weighted by atomic mass is 10.0. The molecule has 0 radical (unpaired) electrons. The van der Waals surface area contributed by atoms with Gasteiger partial charge in [-0.1, -0.05) is 397 Å². The number of unbranched alkanes of at least 4 members (excludes halogenated alkanes) is 59. The van der Waals surface area contributed by atoms with Crippen LogP contribution in [0.15, 0.2) is 36.5 Å². The number of carbonyl (C=O) groups is 2. The number of nitrogens with one attached hydrogen (secondary N) is 1. The van der Waals surface area contributed by atoms with Crippen molar-refractivity contribution in [3.63, 3.8) is 0 Å². The van der Waals surface area contributed by atoms with Gasteiger partial charge in [0.05, 0.1) is 25.4 Å². The first-order chi connectivity index (χ1) is 42.5.